The summed E-state index contributed by atoms with van der Waals surface area (Å²) in [5.74, 6) is 0.140. The Balaban J connectivity index is 2.79. The van der Waals surface area contributed by atoms with Crippen LogP contribution in [0.25, 0.3) is 0 Å². The lowest BCUT2D eigenvalue weighted by atomic mass is 10.2. The summed E-state index contributed by atoms with van der Waals surface area (Å²) in [7, 11) is 0. The highest BCUT2D eigenvalue weighted by atomic mass is 16.1. The molecule has 0 aliphatic heterocycles. The first-order valence-electron chi connectivity index (χ1n) is 4.68. The highest BCUT2D eigenvalue weighted by Gasteiger charge is 2.11. The van der Waals surface area contributed by atoms with Gasteiger partial charge in [0.1, 0.15) is 0 Å². The van der Waals surface area contributed by atoms with Gasteiger partial charge >= 0.3 is 0 Å². The summed E-state index contributed by atoms with van der Waals surface area (Å²) >= 11 is 0. The van der Waals surface area contributed by atoms with E-state index in [1.807, 2.05) is 11.6 Å². The van der Waals surface area contributed by atoms with Gasteiger partial charge in [0.2, 0.25) is 5.91 Å². The zero-order valence-electron chi connectivity index (χ0n) is 8.82. The fraction of sp³-hybridized carbons (Fsp3) is 0.667. The van der Waals surface area contributed by atoms with Crippen molar-refractivity contribution in [3.05, 3.63) is 11.4 Å². The zero-order valence-corrected chi connectivity index (χ0v) is 8.82. The third kappa shape index (κ3) is 2.55. The van der Waals surface area contributed by atoms with Crippen LogP contribution in [-0.4, -0.2) is 20.9 Å². The Morgan fingerprint density at radius 1 is 1.57 bits per heavy atom. The summed E-state index contributed by atoms with van der Waals surface area (Å²) in [6, 6.07) is 0. The molecule has 0 fully saturated rings. The lowest BCUT2D eigenvalue weighted by molar-refractivity contribution is -0.117. The molecular weight excluding hydrogens is 180 g/mol. The summed E-state index contributed by atoms with van der Waals surface area (Å²) in [5, 5.41) is 7.89. The van der Waals surface area contributed by atoms with Gasteiger partial charge in [-0.15, -0.1) is 5.10 Å². The largest absolute Gasteiger partial charge is 0.369 e. The molecule has 5 nitrogen and oxygen atoms in total. The van der Waals surface area contributed by atoms with E-state index in [9.17, 15) is 4.79 Å². The summed E-state index contributed by atoms with van der Waals surface area (Å²) < 4.78 is 1.81. The molecular formula is C9H16N4O. The highest BCUT2D eigenvalue weighted by Crippen LogP contribution is 2.06. The Labute approximate surface area is 83.3 Å². The summed E-state index contributed by atoms with van der Waals surface area (Å²) in [5.41, 5.74) is 6.69. The van der Waals surface area contributed by atoms with Crippen molar-refractivity contribution in [1.29, 1.82) is 0 Å². The van der Waals surface area contributed by atoms with E-state index in [-0.39, 0.29) is 12.3 Å². The molecule has 1 heterocycles. The summed E-state index contributed by atoms with van der Waals surface area (Å²) in [6.45, 7) is 6.93. The van der Waals surface area contributed by atoms with Crippen molar-refractivity contribution in [2.24, 2.45) is 11.7 Å². The van der Waals surface area contributed by atoms with Crippen molar-refractivity contribution in [1.82, 2.24) is 15.0 Å². The van der Waals surface area contributed by atoms with E-state index >= 15 is 0 Å². The molecule has 0 unspecified atom stereocenters. The highest BCUT2D eigenvalue weighted by molar-refractivity contribution is 5.76. The van der Waals surface area contributed by atoms with E-state index in [0.29, 0.717) is 11.6 Å². The van der Waals surface area contributed by atoms with E-state index < -0.39 is 0 Å². The Hall–Kier alpha value is -1.39. The molecule has 14 heavy (non-hydrogen) atoms. The van der Waals surface area contributed by atoms with E-state index in [0.717, 1.165) is 12.2 Å². The summed E-state index contributed by atoms with van der Waals surface area (Å²) in [6.07, 6.45) is 0.171. The quantitative estimate of drug-likeness (QED) is 0.751. The van der Waals surface area contributed by atoms with Crippen molar-refractivity contribution in [3.8, 4) is 0 Å². The van der Waals surface area contributed by atoms with Crippen LogP contribution in [-0.2, 0) is 17.8 Å². The maximum Gasteiger partial charge on any atom is 0.223 e. The average molecular weight is 196 g/mol. The van der Waals surface area contributed by atoms with Gasteiger partial charge in [0, 0.05) is 6.54 Å². The average Bonchev–Trinajstić information content (AvgIpc) is 2.34. The van der Waals surface area contributed by atoms with Crippen LogP contribution in [0.2, 0.25) is 0 Å². The third-order valence-electron chi connectivity index (χ3n) is 1.96. The first-order valence-corrected chi connectivity index (χ1v) is 4.68. The van der Waals surface area contributed by atoms with Crippen LogP contribution in [0.3, 0.4) is 0 Å². The predicted molar refractivity (Wildman–Crippen MR) is 52.5 cm³/mol. The molecule has 0 aliphatic carbocycles. The molecule has 0 spiro atoms. The van der Waals surface area contributed by atoms with Crippen LogP contribution >= 0.6 is 0 Å². The van der Waals surface area contributed by atoms with Gasteiger partial charge in [-0.05, 0) is 12.8 Å². The third-order valence-corrected chi connectivity index (χ3v) is 1.96. The molecule has 1 rings (SSSR count). The number of hydrogen-bond donors (Lipinski definition) is 1. The van der Waals surface area contributed by atoms with Gasteiger partial charge in [0.05, 0.1) is 17.8 Å². The van der Waals surface area contributed by atoms with Gasteiger partial charge in [-0.2, -0.15) is 0 Å². The molecule has 78 valence electrons. The number of nitrogens with zero attached hydrogens (tertiary/aromatic N) is 3. The smallest absolute Gasteiger partial charge is 0.223 e. The molecule has 0 aromatic carbocycles. The topological polar surface area (TPSA) is 73.8 Å². The summed E-state index contributed by atoms with van der Waals surface area (Å²) in [4.78, 5) is 10.7. The van der Waals surface area contributed by atoms with E-state index in [2.05, 4.69) is 24.2 Å². The maximum absolute atomic E-state index is 10.7. The minimum Gasteiger partial charge on any atom is -0.369 e. The number of carbonyl (C=O) groups excluding carboxylic acids is 1. The Kier molecular flexibility index (Phi) is 3.22. The van der Waals surface area contributed by atoms with Gasteiger partial charge in [-0.1, -0.05) is 19.1 Å². The van der Waals surface area contributed by atoms with Gasteiger partial charge < -0.3 is 5.73 Å². The zero-order chi connectivity index (χ0) is 10.7. The normalized spacial score (nSPS) is 10.9. The fourth-order valence-electron chi connectivity index (χ4n) is 1.24. The van der Waals surface area contributed by atoms with E-state index in [4.69, 9.17) is 5.73 Å². The van der Waals surface area contributed by atoms with Crippen LogP contribution in [0, 0.1) is 12.8 Å². The minimum atomic E-state index is -0.371. The molecule has 0 bridgehead atoms. The molecule has 0 saturated carbocycles. The van der Waals surface area contributed by atoms with E-state index in [1.54, 1.807) is 0 Å². The van der Waals surface area contributed by atoms with Crippen LogP contribution in [0.15, 0.2) is 0 Å². The Bertz CT molecular complexity index is 330. The number of primary amides is 1. The first kappa shape index (κ1) is 10.7. The number of amides is 1. The lowest BCUT2D eigenvalue weighted by Crippen LogP contribution is -2.15. The first-order chi connectivity index (χ1) is 6.50. The van der Waals surface area contributed by atoms with Crippen LogP contribution in [0.4, 0.5) is 0 Å². The van der Waals surface area contributed by atoms with Gasteiger partial charge in [0.25, 0.3) is 0 Å². The molecule has 1 amide bonds. The minimum absolute atomic E-state index is 0.171. The number of carbonyl (C=O) groups is 1. The standard InChI is InChI=1S/C9H16N4O/c1-6(2)5-13-7(3)8(11-12-13)4-9(10)14/h6H,4-5H2,1-3H3,(H2,10,14). The van der Waals surface area contributed by atoms with Crippen molar-refractivity contribution in [3.63, 3.8) is 0 Å². The van der Waals surface area contributed by atoms with Crippen molar-refractivity contribution in [2.45, 2.75) is 33.7 Å². The molecule has 0 radical (unpaired) electrons. The molecule has 0 saturated heterocycles. The molecule has 0 atom stereocenters. The van der Waals surface area contributed by atoms with Crippen LogP contribution in [0.1, 0.15) is 25.2 Å². The molecule has 5 heteroatoms. The second kappa shape index (κ2) is 4.21. The van der Waals surface area contributed by atoms with Crippen molar-refractivity contribution >= 4 is 5.91 Å². The van der Waals surface area contributed by atoms with E-state index in [1.165, 1.54) is 0 Å². The number of hydrogen-bond acceptors (Lipinski definition) is 3. The number of nitrogens with two attached hydrogens (primary N) is 1. The van der Waals surface area contributed by atoms with Gasteiger partial charge in [-0.25, -0.2) is 4.68 Å². The molecule has 0 aliphatic rings. The number of rotatable bonds is 4. The molecule has 1 aromatic heterocycles. The molecule has 1 aromatic rings. The van der Waals surface area contributed by atoms with Gasteiger partial charge in [-0.3, -0.25) is 4.79 Å². The van der Waals surface area contributed by atoms with Gasteiger partial charge in [0.15, 0.2) is 0 Å². The Morgan fingerprint density at radius 3 is 2.71 bits per heavy atom. The molecule has 2 N–H and O–H groups in total. The maximum atomic E-state index is 10.7. The fourth-order valence-corrected chi connectivity index (χ4v) is 1.24. The van der Waals surface area contributed by atoms with Crippen LogP contribution in [0.5, 0.6) is 0 Å². The second-order valence-corrected chi connectivity index (χ2v) is 3.84. The second-order valence-electron chi connectivity index (χ2n) is 3.84. The van der Waals surface area contributed by atoms with Crippen molar-refractivity contribution in [2.75, 3.05) is 0 Å². The monoisotopic (exact) mass is 196 g/mol. The van der Waals surface area contributed by atoms with Crippen LogP contribution < -0.4 is 5.73 Å². The predicted octanol–water partition coefficient (Wildman–Crippen LogP) is 0.270. The lowest BCUT2D eigenvalue weighted by Gasteiger charge is -2.05. The number of aromatic nitrogens is 3. The Morgan fingerprint density at radius 2 is 2.21 bits per heavy atom. The SMILES string of the molecule is Cc1c(CC(N)=O)nnn1CC(C)C. The van der Waals surface area contributed by atoms with Crippen molar-refractivity contribution < 1.29 is 4.79 Å².